The number of amides is 1. The van der Waals surface area contributed by atoms with Gasteiger partial charge in [-0.3, -0.25) is 9.20 Å². The van der Waals surface area contributed by atoms with Gasteiger partial charge in [0.25, 0.3) is 5.91 Å². The van der Waals surface area contributed by atoms with E-state index in [2.05, 4.69) is 11.6 Å². The normalized spacial score (nSPS) is 11.6. The first-order valence-electron chi connectivity index (χ1n) is 6.35. The van der Waals surface area contributed by atoms with Gasteiger partial charge in [0.2, 0.25) is 0 Å². The molecule has 0 aliphatic carbocycles. The van der Waals surface area contributed by atoms with Crippen LogP contribution >= 0.6 is 11.8 Å². The van der Waals surface area contributed by atoms with E-state index in [1.807, 2.05) is 0 Å². The standard InChI is InChI=1S/C14H14F3N3OS/c1-3-7-19(9-14(15,16)17)12(21)11-10-6-4-5-8-20(10)13(18-11)22-2/h3-6,8H,1,7,9H2,2H3. The smallest absolute Gasteiger partial charge is 0.324 e. The maximum absolute atomic E-state index is 12.6. The molecule has 0 saturated heterocycles. The number of imidazole rings is 1. The Bertz CT molecular complexity index is 696. The lowest BCUT2D eigenvalue weighted by molar-refractivity contribution is -0.139. The highest BCUT2D eigenvalue weighted by Gasteiger charge is 2.34. The lowest BCUT2D eigenvalue weighted by atomic mass is 10.3. The number of alkyl halides is 3. The summed E-state index contributed by atoms with van der Waals surface area (Å²) in [7, 11) is 0. The van der Waals surface area contributed by atoms with E-state index in [9.17, 15) is 18.0 Å². The Morgan fingerprint density at radius 3 is 2.82 bits per heavy atom. The second-order valence-corrected chi connectivity index (χ2v) is 5.27. The second-order valence-electron chi connectivity index (χ2n) is 4.49. The van der Waals surface area contributed by atoms with E-state index in [-0.39, 0.29) is 12.2 Å². The van der Waals surface area contributed by atoms with Crippen molar-refractivity contribution in [3.05, 3.63) is 42.7 Å². The molecule has 0 aliphatic heterocycles. The second kappa shape index (κ2) is 6.43. The highest BCUT2D eigenvalue weighted by atomic mass is 32.2. The molecule has 22 heavy (non-hydrogen) atoms. The van der Waals surface area contributed by atoms with Crippen LogP contribution in [0.25, 0.3) is 5.52 Å². The van der Waals surface area contributed by atoms with E-state index in [0.717, 1.165) is 0 Å². The minimum Gasteiger partial charge on any atom is -0.324 e. The number of carbonyl (C=O) groups excluding carboxylic acids is 1. The quantitative estimate of drug-likeness (QED) is 0.624. The number of aromatic nitrogens is 2. The van der Waals surface area contributed by atoms with Crippen molar-refractivity contribution in [3.63, 3.8) is 0 Å². The van der Waals surface area contributed by atoms with Gasteiger partial charge in [0, 0.05) is 12.7 Å². The van der Waals surface area contributed by atoms with Gasteiger partial charge in [-0.15, -0.1) is 6.58 Å². The number of nitrogens with zero attached hydrogens (tertiary/aromatic N) is 3. The van der Waals surface area contributed by atoms with E-state index in [1.54, 1.807) is 35.1 Å². The monoisotopic (exact) mass is 329 g/mol. The topological polar surface area (TPSA) is 37.6 Å². The van der Waals surface area contributed by atoms with E-state index in [4.69, 9.17) is 0 Å². The maximum atomic E-state index is 12.6. The van der Waals surface area contributed by atoms with E-state index < -0.39 is 18.6 Å². The summed E-state index contributed by atoms with van der Waals surface area (Å²) in [6, 6.07) is 5.12. The van der Waals surface area contributed by atoms with Gasteiger partial charge < -0.3 is 4.90 Å². The minimum absolute atomic E-state index is 0.0102. The zero-order valence-corrected chi connectivity index (χ0v) is 12.6. The number of carbonyl (C=O) groups is 1. The molecule has 0 radical (unpaired) electrons. The van der Waals surface area contributed by atoms with Crippen molar-refractivity contribution in [1.29, 1.82) is 0 Å². The van der Waals surface area contributed by atoms with E-state index in [1.165, 1.54) is 17.8 Å². The van der Waals surface area contributed by atoms with Crippen LogP contribution < -0.4 is 0 Å². The summed E-state index contributed by atoms with van der Waals surface area (Å²) in [5.74, 6) is -0.763. The predicted molar refractivity (Wildman–Crippen MR) is 79.1 cm³/mol. The summed E-state index contributed by atoms with van der Waals surface area (Å²) in [5.41, 5.74) is 0.490. The predicted octanol–water partition coefficient (Wildman–Crippen LogP) is 3.25. The number of fused-ring (bicyclic) bond motifs is 1. The molecule has 2 heterocycles. The Morgan fingerprint density at radius 2 is 2.23 bits per heavy atom. The molecule has 1 amide bonds. The molecule has 0 unspecified atom stereocenters. The fourth-order valence-electron chi connectivity index (χ4n) is 2.05. The summed E-state index contributed by atoms with van der Waals surface area (Å²) in [6.07, 6.45) is 0.285. The van der Waals surface area contributed by atoms with Crippen LogP contribution in [-0.4, -0.2) is 45.7 Å². The van der Waals surface area contributed by atoms with Gasteiger partial charge >= 0.3 is 6.18 Å². The molecule has 0 aliphatic rings. The summed E-state index contributed by atoms with van der Waals surface area (Å²) in [5, 5.41) is 0.546. The Kier molecular flexibility index (Phi) is 4.80. The number of pyridine rings is 1. The minimum atomic E-state index is -4.48. The third-order valence-corrected chi connectivity index (χ3v) is 3.56. The van der Waals surface area contributed by atoms with Crippen LogP contribution in [-0.2, 0) is 0 Å². The van der Waals surface area contributed by atoms with Gasteiger partial charge in [-0.05, 0) is 18.4 Å². The molecular formula is C14H14F3N3OS. The Morgan fingerprint density at radius 1 is 1.50 bits per heavy atom. The molecule has 0 saturated carbocycles. The van der Waals surface area contributed by atoms with Gasteiger partial charge in [-0.1, -0.05) is 23.9 Å². The number of halogens is 3. The number of thioether (sulfide) groups is 1. The molecule has 2 rings (SSSR count). The summed E-state index contributed by atoms with van der Waals surface area (Å²) in [4.78, 5) is 17.3. The van der Waals surface area contributed by atoms with Gasteiger partial charge in [-0.25, -0.2) is 4.98 Å². The Labute approximate surface area is 129 Å². The average molecular weight is 329 g/mol. The van der Waals surface area contributed by atoms with Crippen LogP contribution in [0.2, 0.25) is 0 Å². The zero-order valence-electron chi connectivity index (χ0n) is 11.8. The van der Waals surface area contributed by atoms with Crippen LogP contribution in [0.5, 0.6) is 0 Å². The molecule has 2 aromatic heterocycles. The van der Waals surface area contributed by atoms with Crippen LogP contribution in [0.15, 0.2) is 42.2 Å². The third kappa shape index (κ3) is 3.44. The summed E-state index contributed by atoms with van der Waals surface area (Å²) < 4.78 is 39.6. The molecule has 0 bridgehead atoms. The van der Waals surface area contributed by atoms with Crippen molar-refractivity contribution in [3.8, 4) is 0 Å². The first-order chi connectivity index (χ1) is 10.4. The Hall–Kier alpha value is -1.96. The summed E-state index contributed by atoms with van der Waals surface area (Å²) >= 11 is 1.31. The van der Waals surface area contributed by atoms with Gasteiger partial charge in [0.15, 0.2) is 10.9 Å². The average Bonchev–Trinajstić information content (AvgIpc) is 2.83. The van der Waals surface area contributed by atoms with Crippen molar-refractivity contribution in [2.45, 2.75) is 11.3 Å². The number of rotatable bonds is 5. The maximum Gasteiger partial charge on any atom is 0.406 e. The molecule has 118 valence electrons. The van der Waals surface area contributed by atoms with Gasteiger partial charge in [0.1, 0.15) is 6.54 Å². The fourth-order valence-corrected chi connectivity index (χ4v) is 2.59. The van der Waals surface area contributed by atoms with E-state index in [0.29, 0.717) is 15.6 Å². The first kappa shape index (κ1) is 16.4. The van der Waals surface area contributed by atoms with Crippen molar-refractivity contribution < 1.29 is 18.0 Å². The molecule has 0 spiro atoms. The van der Waals surface area contributed by atoms with E-state index >= 15 is 0 Å². The Balaban J connectivity index is 2.44. The molecule has 4 nitrogen and oxygen atoms in total. The lowest BCUT2D eigenvalue weighted by Gasteiger charge is -2.21. The van der Waals surface area contributed by atoms with Crippen LogP contribution in [0.3, 0.4) is 0 Å². The SMILES string of the molecule is C=CCN(CC(F)(F)F)C(=O)c1nc(SC)n2ccccc12. The van der Waals surface area contributed by atoms with Crippen molar-refractivity contribution in [1.82, 2.24) is 14.3 Å². The van der Waals surface area contributed by atoms with Crippen molar-refractivity contribution in [2.75, 3.05) is 19.3 Å². The van der Waals surface area contributed by atoms with Gasteiger partial charge in [0.05, 0.1) is 5.52 Å². The van der Waals surface area contributed by atoms with Crippen LogP contribution in [0, 0.1) is 0 Å². The van der Waals surface area contributed by atoms with Crippen molar-refractivity contribution >= 4 is 23.2 Å². The number of hydrogen-bond acceptors (Lipinski definition) is 3. The molecule has 0 aromatic carbocycles. The highest BCUT2D eigenvalue weighted by Crippen LogP contribution is 2.23. The third-order valence-electron chi connectivity index (χ3n) is 2.91. The van der Waals surface area contributed by atoms with Gasteiger partial charge in [-0.2, -0.15) is 13.2 Å². The molecule has 0 N–H and O–H groups in total. The summed E-state index contributed by atoms with van der Waals surface area (Å²) in [6.45, 7) is 1.87. The zero-order chi connectivity index (χ0) is 16.3. The molecule has 0 atom stereocenters. The molecule has 0 fully saturated rings. The van der Waals surface area contributed by atoms with Crippen LogP contribution in [0.1, 0.15) is 10.5 Å². The molecular weight excluding hydrogens is 315 g/mol. The molecule has 2 aromatic rings. The first-order valence-corrected chi connectivity index (χ1v) is 7.58. The molecule has 8 heteroatoms. The lowest BCUT2D eigenvalue weighted by Crippen LogP contribution is -2.39. The largest absolute Gasteiger partial charge is 0.406 e. The van der Waals surface area contributed by atoms with Crippen LogP contribution in [0.4, 0.5) is 13.2 Å². The fraction of sp³-hybridized carbons (Fsp3) is 0.286. The highest BCUT2D eigenvalue weighted by molar-refractivity contribution is 7.98. The van der Waals surface area contributed by atoms with Crippen molar-refractivity contribution in [2.24, 2.45) is 0 Å². The number of hydrogen-bond donors (Lipinski definition) is 0.